The van der Waals surface area contributed by atoms with Crippen LogP contribution in [0.2, 0.25) is 0 Å². The zero-order chi connectivity index (χ0) is 20.2. The van der Waals surface area contributed by atoms with E-state index < -0.39 is 5.91 Å². The van der Waals surface area contributed by atoms with Gasteiger partial charge in [0.1, 0.15) is 0 Å². The fraction of sp³-hybridized carbons (Fsp3) is 0.440. The van der Waals surface area contributed by atoms with E-state index in [1.165, 1.54) is 32.1 Å². The van der Waals surface area contributed by atoms with Gasteiger partial charge in [0, 0.05) is 23.2 Å². The molecule has 0 atom stereocenters. The highest BCUT2D eigenvalue weighted by Crippen LogP contribution is 2.32. The van der Waals surface area contributed by atoms with Gasteiger partial charge in [-0.1, -0.05) is 56.4 Å². The molecule has 4 heteroatoms. The van der Waals surface area contributed by atoms with E-state index in [-0.39, 0.29) is 5.91 Å². The van der Waals surface area contributed by atoms with E-state index in [4.69, 9.17) is 5.73 Å². The summed E-state index contributed by atoms with van der Waals surface area (Å²) in [5.74, 6) is -0.230. The number of nitrogens with two attached hydrogens (primary N) is 1. The summed E-state index contributed by atoms with van der Waals surface area (Å²) in [7, 11) is 0. The third kappa shape index (κ3) is 4.36. The average molecular weight is 391 g/mol. The minimum Gasteiger partial charge on any atom is -0.366 e. The van der Waals surface area contributed by atoms with Crippen molar-refractivity contribution in [3.05, 3.63) is 59.7 Å². The molecule has 2 amide bonds. The Morgan fingerprint density at radius 1 is 0.655 bits per heavy atom. The van der Waals surface area contributed by atoms with Crippen LogP contribution in [0.4, 0.5) is 0 Å². The van der Waals surface area contributed by atoms with E-state index >= 15 is 0 Å². The van der Waals surface area contributed by atoms with Gasteiger partial charge < -0.3 is 10.6 Å². The van der Waals surface area contributed by atoms with Gasteiger partial charge in [-0.2, -0.15) is 0 Å². The molecule has 4 rings (SSSR count). The smallest absolute Gasteiger partial charge is 0.254 e. The van der Waals surface area contributed by atoms with Gasteiger partial charge in [-0.05, 0) is 61.1 Å². The maximum Gasteiger partial charge on any atom is 0.254 e. The molecule has 152 valence electrons. The van der Waals surface area contributed by atoms with Crippen LogP contribution < -0.4 is 5.73 Å². The second-order valence-electron chi connectivity index (χ2n) is 8.46. The summed E-state index contributed by atoms with van der Waals surface area (Å²) < 4.78 is 0. The Hall–Kier alpha value is -2.62. The predicted molar refractivity (Wildman–Crippen MR) is 116 cm³/mol. The van der Waals surface area contributed by atoms with Gasteiger partial charge >= 0.3 is 0 Å². The summed E-state index contributed by atoms with van der Waals surface area (Å²) in [5, 5.41) is 0. The van der Waals surface area contributed by atoms with Gasteiger partial charge in [-0.3, -0.25) is 9.59 Å². The van der Waals surface area contributed by atoms with Crippen LogP contribution >= 0.6 is 0 Å². The van der Waals surface area contributed by atoms with Crippen LogP contribution in [0.3, 0.4) is 0 Å². The van der Waals surface area contributed by atoms with Gasteiger partial charge in [0.15, 0.2) is 0 Å². The van der Waals surface area contributed by atoms with Gasteiger partial charge in [0.25, 0.3) is 5.91 Å². The van der Waals surface area contributed by atoms with Crippen molar-refractivity contribution in [2.24, 2.45) is 5.73 Å². The number of primary amides is 1. The first-order valence-corrected chi connectivity index (χ1v) is 11.0. The van der Waals surface area contributed by atoms with Crippen LogP contribution in [0, 0.1) is 0 Å². The van der Waals surface area contributed by atoms with Crippen LogP contribution in [-0.4, -0.2) is 28.8 Å². The molecule has 0 saturated heterocycles. The molecule has 0 bridgehead atoms. The van der Waals surface area contributed by atoms with E-state index in [9.17, 15) is 9.59 Å². The highest BCUT2D eigenvalue weighted by atomic mass is 16.2. The Balaban J connectivity index is 1.54. The Morgan fingerprint density at radius 3 is 1.52 bits per heavy atom. The lowest BCUT2D eigenvalue weighted by Gasteiger charge is -2.39. The van der Waals surface area contributed by atoms with Crippen molar-refractivity contribution in [1.29, 1.82) is 0 Å². The molecule has 0 spiro atoms. The standard InChI is InChI=1S/C25H30N2O2/c26-24(28)20-14-10-18(11-15-20)19-12-16-21(17-13-19)25(29)27(23-8-4-5-9-23)22-6-2-1-3-7-22/h10-17,22-23H,1-9H2,(H2,26,28). The lowest BCUT2D eigenvalue weighted by Crippen LogP contribution is -2.47. The monoisotopic (exact) mass is 390 g/mol. The quantitative estimate of drug-likeness (QED) is 0.765. The molecule has 2 aliphatic rings. The van der Waals surface area contributed by atoms with Gasteiger partial charge in [0.2, 0.25) is 5.91 Å². The average Bonchev–Trinajstić information content (AvgIpc) is 3.29. The van der Waals surface area contributed by atoms with Crippen molar-refractivity contribution < 1.29 is 9.59 Å². The fourth-order valence-corrected chi connectivity index (χ4v) is 4.95. The van der Waals surface area contributed by atoms with Gasteiger partial charge in [-0.15, -0.1) is 0 Å². The predicted octanol–water partition coefficient (Wildman–Crippen LogP) is 5.17. The molecular weight excluding hydrogens is 360 g/mol. The van der Waals surface area contributed by atoms with Crippen molar-refractivity contribution in [2.45, 2.75) is 69.9 Å². The minimum absolute atomic E-state index is 0.194. The Kier molecular flexibility index (Phi) is 5.98. The van der Waals surface area contributed by atoms with Crippen molar-refractivity contribution in [3.8, 4) is 11.1 Å². The summed E-state index contributed by atoms with van der Waals surface area (Å²) in [6.45, 7) is 0. The van der Waals surface area contributed by atoms with E-state index in [0.717, 1.165) is 42.4 Å². The van der Waals surface area contributed by atoms with E-state index in [0.29, 0.717) is 17.6 Å². The molecule has 0 radical (unpaired) electrons. The molecule has 2 aromatic carbocycles. The normalized spacial score (nSPS) is 17.9. The summed E-state index contributed by atoms with van der Waals surface area (Å²) in [5.41, 5.74) is 8.63. The highest BCUT2D eigenvalue weighted by molar-refractivity contribution is 5.95. The number of rotatable bonds is 5. The van der Waals surface area contributed by atoms with Crippen LogP contribution in [-0.2, 0) is 0 Å². The third-order valence-electron chi connectivity index (χ3n) is 6.56. The molecule has 2 N–H and O–H groups in total. The number of benzene rings is 2. The first kappa shape index (κ1) is 19.7. The number of carbonyl (C=O) groups is 2. The van der Waals surface area contributed by atoms with Crippen LogP contribution in [0.25, 0.3) is 11.1 Å². The Labute approximate surface area is 173 Å². The molecule has 0 aromatic heterocycles. The minimum atomic E-state index is -0.424. The third-order valence-corrected chi connectivity index (χ3v) is 6.56. The zero-order valence-corrected chi connectivity index (χ0v) is 17.0. The Bertz CT molecular complexity index is 845. The molecule has 2 aromatic rings. The molecule has 0 unspecified atom stereocenters. The largest absolute Gasteiger partial charge is 0.366 e. The summed E-state index contributed by atoms with van der Waals surface area (Å²) >= 11 is 0. The first-order chi connectivity index (χ1) is 14.1. The number of amides is 2. The topological polar surface area (TPSA) is 63.4 Å². The van der Waals surface area contributed by atoms with E-state index in [2.05, 4.69) is 4.90 Å². The second-order valence-corrected chi connectivity index (χ2v) is 8.46. The molecule has 4 nitrogen and oxygen atoms in total. The van der Waals surface area contributed by atoms with Crippen molar-refractivity contribution in [1.82, 2.24) is 4.90 Å². The molecule has 2 aliphatic carbocycles. The summed E-state index contributed by atoms with van der Waals surface area (Å²) in [6, 6.07) is 16.0. The van der Waals surface area contributed by atoms with Crippen LogP contribution in [0.5, 0.6) is 0 Å². The van der Waals surface area contributed by atoms with E-state index in [1.807, 2.05) is 36.4 Å². The number of hydrogen-bond donors (Lipinski definition) is 1. The summed E-state index contributed by atoms with van der Waals surface area (Å²) in [6.07, 6.45) is 10.8. The molecule has 29 heavy (non-hydrogen) atoms. The molecule has 0 heterocycles. The van der Waals surface area contributed by atoms with Gasteiger partial charge in [-0.25, -0.2) is 0 Å². The number of carbonyl (C=O) groups excluding carboxylic acids is 2. The first-order valence-electron chi connectivity index (χ1n) is 11.0. The molecular formula is C25H30N2O2. The van der Waals surface area contributed by atoms with Crippen molar-refractivity contribution >= 4 is 11.8 Å². The second kappa shape index (κ2) is 8.81. The SMILES string of the molecule is NC(=O)c1ccc(-c2ccc(C(=O)N(C3CCCCC3)C3CCCC3)cc2)cc1. The molecule has 0 aliphatic heterocycles. The van der Waals surface area contributed by atoms with Gasteiger partial charge in [0.05, 0.1) is 0 Å². The Morgan fingerprint density at radius 2 is 1.07 bits per heavy atom. The lowest BCUT2D eigenvalue weighted by atomic mass is 9.92. The maximum absolute atomic E-state index is 13.5. The van der Waals surface area contributed by atoms with Crippen LogP contribution in [0.15, 0.2) is 48.5 Å². The number of nitrogens with zero attached hydrogens (tertiary/aromatic N) is 1. The summed E-state index contributed by atoms with van der Waals surface area (Å²) in [4.78, 5) is 27.0. The number of hydrogen-bond acceptors (Lipinski definition) is 2. The van der Waals surface area contributed by atoms with Crippen molar-refractivity contribution in [3.63, 3.8) is 0 Å². The molecule has 2 saturated carbocycles. The fourth-order valence-electron chi connectivity index (χ4n) is 4.95. The zero-order valence-electron chi connectivity index (χ0n) is 17.0. The maximum atomic E-state index is 13.5. The van der Waals surface area contributed by atoms with Crippen molar-refractivity contribution in [2.75, 3.05) is 0 Å². The highest BCUT2D eigenvalue weighted by Gasteiger charge is 2.33. The molecule has 2 fully saturated rings. The van der Waals surface area contributed by atoms with E-state index in [1.54, 1.807) is 12.1 Å². The van der Waals surface area contributed by atoms with Crippen LogP contribution in [0.1, 0.15) is 78.5 Å². The lowest BCUT2D eigenvalue weighted by molar-refractivity contribution is 0.0518.